The van der Waals surface area contributed by atoms with E-state index in [1.54, 1.807) is 0 Å². The van der Waals surface area contributed by atoms with Crippen LogP contribution in [0.2, 0.25) is 0 Å². The zero-order valence-corrected chi connectivity index (χ0v) is 13.9. The van der Waals surface area contributed by atoms with E-state index in [-0.39, 0.29) is 0 Å². The number of benzene rings is 1. The minimum absolute atomic E-state index is 0.734. The third-order valence-corrected chi connectivity index (χ3v) is 4.06. The summed E-state index contributed by atoms with van der Waals surface area (Å²) in [5.74, 6) is 1.07. The number of nitrogens with one attached hydrogen (secondary N) is 1. The second-order valence-electron chi connectivity index (χ2n) is 5.86. The molecule has 0 bridgehead atoms. The monoisotopic (exact) mass is 290 g/mol. The number of nitrogens with zero attached hydrogens (tertiary/aromatic N) is 1. The Morgan fingerprint density at radius 3 is 2.71 bits per heavy atom. The van der Waals surface area contributed by atoms with Gasteiger partial charge >= 0.3 is 0 Å². The van der Waals surface area contributed by atoms with Gasteiger partial charge in [0, 0.05) is 25.2 Å². The zero-order chi connectivity index (χ0) is 15.1. The summed E-state index contributed by atoms with van der Waals surface area (Å²) in [6, 6.07) is 4.65. The third-order valence-electron chi connectivity index (χ3n) is 4.06. The van der Waals surface area contributed by atoms with Gasteiger partial charge in [0.2, 0.25) is 0 Å². The molecule has 0 saturated heterocycles. The highest BCUT2D eigenvalue weighted by Crippen LogP contribution is 2.28. The van der Waals surface area contributed by atoms with Crippen molar-refractivity contribution in [3.8, 4) is 5.75 Å². The van der Waals surface area contributed by atoms with Gasteiger partial charge in [-0.1, -0.05) is 19.9 Å². The van der Waals surface area contributed by atoms with E-state index in [9.17, 15) is 0 Å². The quantitative estimate of drug-likeness (QED) is 0.743. The lowest BCUT2D eigenvalue weighted by atomic mass is 9.96. The zero-order valence-electron chi connectivity index (χ0n) is 13.9. The molecule has 0 radical (unpaired) electrons. The SMILES string of the molecule is CCCNCc1cc2c(cc1OCC)CN(CCC)CC2. The molecule has 0 unspecified atom stereocenters. The summed E-state index contributed by atoms with van der Waals surface area (Å²) in [6.45, 7) is 12.7. The molecule has 1 aliphatic rings. The molecule has 118 valence electrons. The Balaban J connectivity index is 2.15. The number of hydrogen-bond acceptors (Lipinski definition) is 3. The van der Waals surface area contributed by atoms with E-state index in [1.807, 2.05) is 0 Å². The highest BCUT2D eigenvalue weighted by molar-refractivity contribution is 5.44. The number of rotatable bonds is 8. The van der Waals surface area contributed by atoms with Crippen molar-refractivity contribution in [1.29, 1.82) is 0 Å². The van der Waals surface area contributed by atoms with E-state index in [0.717, 1.165) is 32.0 Å². The first kappa shape index (κ1) is 16.3. The largest absolute Gasteiger partial charge is 0.494 e. The Hall–Kier alpha value is -1.06. The van der Waals surface area contributed by atoms with Crippen LogP contribution in [0.3, 0.4) is 0 Å². The van der Waals surface area contributed by atoms with Crippen LogP contribution in [0.25, 0.3) is 0 Å². The molecule has 3 heteroatoms. The van der Waals surface area contributed by atoms with E-state index >= 15 is 0 Å². The maximum atomic E-state index is 5.87. The Bertz CT molecular complexity index is 445. The molecule has 2 rings (SSSR count). The summed E-state index contributed by atoms with van der Waals surface area (Å²) >= 11 is 0. The topological polar surface area (TPSA) is 24.5 Å². The van der Waals surface area contributed by atoms with Crippen LogP contribution in [0.15, 0.2) is 12.1 Å². The van der Waals surface area contributed by atoms with Crippen LogP contribution in [0.4, 0.5) is 0 Å². The maximum Gasteiger partial charge on any atom is 0.124 e. The molecule has 0 saturated carbocycles. The van der Waals surface area contributed by atoms with Crippen molar-refractivity contribution in [3.63, 3.8) is 0 Å². The molecule has 0 atom stereocenters. The molecule has 0 aromatic heterocycles. The molecular weight excluding hydrogens is 260 g/mol. The van der Waals surface area contributed by atoms with Gasteiger partial charge in [0.1, 0.15) is 5.75 Å². The van der Waals surface area contributed by atoms with Crippen LogP contribution in [0.1, 0.15) is 50.3 Å². The molecule has 1 heterocycles. The molecule has 0 amide bonds. The van der Waals surface area contributed by atoms with Crippen LogP contribution < -0.4 is 10.1 Å². The average molecular weight is 290 g/mol. The number of fused-ring (bicyclic) bond motifs is 1. The Labute approximate surface area is 129 Å². The first-order valence-electron chi connectivity index (χ1n) is 8.49. The van der Waals surface area contributed by atoms with Gasteiger partial charge in [-0.05, 0) is 56.5 Å². The summed E-state index contributed by atoms with van der Waals surface area (Å²) in [5.41, 5.74) is 4.28. The summed E-state index contributed by atoms with van der Waals surface area (Å²) in [7, 11) is 0. The molecule has 0 aliphatic carbocycles. The molecule has 1 aromatic rings. The molecule has 1 aliphatic heterocycles. The molecule has 1 aromatic carbocycles. The van der Waals surface area contributed by atoms with E-state index in [0.29, 0.717) is 0 Å². The van der Waals surface area contributed by atoms with Crippen molar-refractivity contribution in [2.24, 2.45) is 0 Å². The lowest BCUT2D eigenvalue weighted by molar-refractivity contribution is 0.253. The lowest BCUT2D eigenvalue weighted by Gasteiger charge is -2.29. The number of hydrogen-bond donors (Lipinski definition) is 1. The lowest BCUT2D eigenvalue weighted by Crippen LogP contribution is -2.31. The normalized spacial score (nSPS) is 15.0. The molecule has 1 N–H and O–H groups in total. The summed E-state index contributed by atoms with van der Waals surface area (Å²) in [4.78, 5) is 2.55. The predicted octanol–water partition coefficient (Wildman–Crippen LogP) is 3.35. The minimum Gasteiger partial charge on any atom is -0.494 e. The second kappa shape index (κ2) is 8.40. The van der Waals surface area contributed by atoms with Gasteiger partial charge in [0.05, 0.1) is 6.61 Å². The Kier molecular flexibility index (Phi) is 6.52. The molecular formula is C18H30N2O. The highest BCUT2D eigenvalue weighted by atomic mass is 16.5. The smallest absolute Gasteiger partial charge is 0.124 e. The van der Waals surface area contributed by atoms with Gasteiger partial charge < -0.3 is 10.1 Å². The summed E-state index contributed by atoms with van der Waals surface area (Å²) in [6.07, 6.45) is 3.57. The van der Waals surface area contributed by atoms with Crippen molar-refractivity contribution in [3.05, 3.63) is 28.8 Å². The molecule has 21 heavy (non-hydrogen) atoms. The molecule has 3 nitrogen and oxygen atoms in total. The summed E-state index contributed by atoms with van der Waals surface area (Å²) < 4.78 is 5.87. The van der Waals surface area contributed by atoms with E-state index < -0.39 is 0 Å². The van der Waals surface area contributed by atoms with Gasteiger partial charge in [-0.15, -0.1) is 0 Å². The fourth-order valence-corrected chi connectivity index (χ4v) is 3.03. The van der Waals surface area contributed by atoms with Crippen LogP contribution in [0.5, 0.6) is 5.75 Å². The Morgan fingerprint density at radius 2 is 2.00 bits per heavy atom. The van der Waals surface area contributed by atoms with Crippen LogP contribution in [-0.4, -0.2) is 31.1 Å². The van der Waals surface area contributed by atoms with E-state index in [2.05, 4.69) is 43.1 Å². The van der Waals surface area contributed by atoms with Gasteiger partial charge in [-0.2, -0.15) is 0 Å². The van der Waals surface area contributed by atoms with E-state index in [4.69, 9.17) is 4.74 Å². The minimum atomic E-state index is 0.734. The van der Waals surface area contributed by atoms with Crippen LogP contribution in [0, 0.1) is 0 Å². The first-order valence-corrected chi connectivity index (χ1v) is 8.49. The van der Waals surface area contributed by atoms with Crippen molar-refractivity contribution in [2.45, 2.75) is 53.1 Å². The van der Waals surface area contributed by atoms with E-state index in [1.165, 1.54) is 49.0 Å². The molecule has 0 fully saturated rings. The van der Waals surface area contributed by atoms with Gasteiger partial charge in [-0.25, -0.2) is 0 Å². The first-order chi connectivity index (χ1) is 10.3. The Morgan fingerprint density at radius 1 is 1.14 bits per heavy atom. The van der Waals surface area contributed by atoms with Crippen molar-refractivity contribution in [1.82, 2.24) is 10.2 Å². The fraction of sp³-hybridized carbons (Fsp3) is 0.667. The van der Waals surface area contributed by atoms with Crippen LogP contribution in [-0.2, 0) is 19.5 Å². The maximum absolute atomic E-state index is 5.87. The average Bonchev–Trinajstić information content (AvgIpc) is 2.48. The van der Waals surface area contributed by atoms with Crippen molar-refractivity contribution < 1.29 is 4.74 Å². The van der Waals surface area contributed by atoms with Gasteiger partial charge in [0.25, 0.3) is 0 Å². The second-order valence-corrected chi connectivity index (χ2v) is 5.86. The third kappa shape index (κ3) is 4.45. The molecule has 0 spiro atoms. The van der Waals surface area contributed by atoms with Gasteiger partial charge in [-0.3, -0.25) is 4.90 Å². The van der Waals surface area contributed by atoms with Crippen LogP contribution >= 0.6 is 0 Å². The highest BCUT2D eigenvalue weighted by Gasteiger charge is 2.18. The van der Waals surface area contributed by atoms with Gasteiger partial charge in [0.15, 0.2) is 0 Å². The standard InChI is InChI=1S/C18H30N2O/c1-4-8-19-13-16-11-15-7-10-20(9-5-2)14-17(15)12-18(16)21-6-3/h11-12,19H,4-10,13-14H2,1-3H3. The van der Waals surface area contributed by atoms with Crippen molar-refractivity contribution >= 4 is 0 Å². The number of ether oxygens (including phenoxy) is 1. The van der Waals surface area contributed by atoms with Crippen molar-refractivity contribution in [2.75, 3.05) is 26.2 Å². The fourth-order valence-electron chi connectivity index (χ4n) is 3.03. The summed E-state index contributed by atoms with van der Waals surface area (Å²) in [5, 5.41) is 3.50. The predicted molar refractivity (Wildman–Crippen MR) is 88.9 cm³/mol.